The number of carbonyl (C=O) groups is 2. The third kappa shape index (κ3) is 6.97. The number of aryl methyl sites for hydroxylation is 1. The molecule has 1 fully saturated rings. The molecule has 0 radical (unpaired) electrons. The fourth-order valence-electron chi connectivity index (χ4n) is 3.56. The maximum Gasteiger partial charge on any atom is 0.243 e. The van der Waals surface area contributed by atoms with E-state index in [4.69, 9.17) is 4.74 Å². The van der Waals surface area contributed by atoms with Crippen LogP contribution in [0.25, 0.3) is 0 Å². The molecule has 1 aliphatic heterocycles. The maximum absolute atomic E-state index is 12.8. The van der Waals surface area contributed by atoms with Gasteiger partial charge in [-0.25, -0.2) is 0 Å². The quantitative estimate of drug-likeness (QED) is 0.691. The SMILES string of the molecule is Cc1ccc(NC(=O)CN(C)C(=O)CN(Cc2ccccc2)CC2CCCO2)cc1. The van der Waals surface area contributed by atoms with Crippen LogP contribution in [0.1, 0.15) is 24.0 Å². The van der Waals surface area contributed by atoms with Crippen molar-refractivity contribution >= 4 is 17.5 Å². The van der Waals surface area contributed by atoms with Crippen LogP contribution in [0.4, 0.5) is 5.69 Å². The normalized spacial score (nSPS) is 15.9. The predicted molar refractivity (Wildman–Crippen MR) is 118 cm³/mol. The van der Waals surface area contributed by atoms with Crippen molar-refractivity contribution in [2.75, 3.05) is 38.6 Å². The van der Waals surface area contributed by atoms with Gasteiger partial charge in [-0.3, -0.25) is 14.5 Å². The van der Waals surface area contributed by atoms with Gasteiger partial charge in [-0.05, 0) is 37.5 Å². The number of nitrogens with zero attached hydrogens (tertiary/aromatic N) is 2. The minimum absolute atomic E-state index is 0.0197. The highest BCUT2D eigenvalue weighted by molar-refractivity contribution is 5.94. The Balaban J connectivity index is 1.54. The fourth-order valence-corrected chi connectivity index (χ4v) is 3.56. The van der Waals surface area contributed by atoms with E-state index in [0.717, 1.165) is 36.3 Å². The largest absolute Gasteiger partial charge is 0.377 e. The van der Waals surface area contributed by atoms with Crippen LogP contribution in [0.15, 0.2) is 54.6 Å². The molecular formula is C24H31N3O3. The Kier molecular flexibility index (Phi) is 7.99. The highest BCUT2D eigenvalue weighted by Gasteiger charge is 2.23. The Bertz CT molecular complexity index is 817. The minimum atomic E-state index is -0.205. The summed E-state index contributed by atoms with van der Waals surface area (Å²) in [5.74, 6) is -0.286. The summed E-state index contributed by atoms with van der Waals surface area (Å²) in [5, 5.41) is 2.84. The standard InChI is InChI=1S/C24H31N3O3/c1-19-10-12-21(13-11-19)25-23(28)17-26(2)24(29)18-27(16-22-9-6-14-30-22)15-20-7-4-3-5-8-20/h3-5,7-8,10-13,22H,6,9,14-18H2,1-2H3,(H,25,28). The van der Waals surface area contributed by atoms with Gasteiger partial charge in [0.15, 0.2) is 0 Å². The van der Waals surface area contributed by atoms with E-state index in [0.29, 0.717) is 13.1 Å². The molecule has 1 N–H and O–H groups in total. The molecule has 3 rings (SSSR count). The Morgan fingerprint density at radius 2 is 1.80 bits per heavy atom. The minimum Gasteiger partial charge on any atom is -0.377 e. The summed E-state index contributed by atoms with van der Waals surface area (Å²) in [6, 6.07) is 17.7. The summed E-state index contributed by atoms with van der Waals surface area (Å²) in [6.07, 6.45) is 2.25. The summed E-state index contributed by atoms with van der Waals surface area (Å²) in [6.45, 7) is 4.45. The second-order valence-corrected chi connectivity index (χ2v) is 7.95. The number of hydrogen-bond donors (Lipinski definition) is 1. The molecule has 6 heteroatoms. The Morgan fingerprint density at radius 3 is 2.47 bits per heavy atom. The van der Waals surface area contributed by atoms with Crippen LogP contribution in [0.5, 0.6) is 0 Å². The van der Waals surface area contributed by atoms with Gasteiger partial charge >= 0.3 is 0 Å². The van der Waals surface area contributed by atoms with Gasteiger partial charge in [-0.15, -0.1) is 0 Å². The van der Waals surface area contributed by atoms with Crippen molar-refractivity contribution < 1.29 is 14.3 Å². The molecule has 2 amide bonds. The van der Waals surface area contributed by atoms with Crippen LogP contribution in [0, 0.1) is 6.92 Å². The molecule has 30 heavy (non-hydrogen) atoms. The van der Waals surface area contributed by atoms with Crippen molar-refractivity contribution in [2.24, 2.45) is 0 Å². The lowest BCUT2D eigenvalue weighted by atomic mass is 10.2. The number of carbonyl (C=O) groups excluding carboxylic acids is 2. The van der Waals surface area contributed by atoms with Crippen molar-refractivity contribution in [3.8, 4) is 0 Å². The molecule has 6 nitrogen and oxygen atoms in total. The van der Waals surface area contributed by atoms with Crippen LogP contribution in [0.3, 0.4) is 0 Å². The van der Waals surface area contributed by atoms with Gasteiger partial charge < -0.3 is 15.0 Å². The van der Waals surface area contributed by atoms with Gasteiger partial charge in [0.1, 0.15) is 0 Å². The first-order valence-electron chi connectivity index (χ1n) is 10.5. The van der Waals surface area contributed by atoms with E-state index in [9.17, 15) is 9.59 Å². The average Bonchev–Trinajstić information content (AvgIpc) is 3.23. The number of nitrogens with one attached hydrogen (secondary N) is 1. The lowest BCUT2D eigenvalue weighted by molar-refractivity contribution is -0.134. The zero-order valence-electron chi connectivity index (χ0n) is 17.8. The molecule has 0 aromatic heterocycles. The van der Waals surface area contributed by atoms with E-state index < -0.39 is 0 Å². The van der Waals surface area contributed by atoms with Crippen LogP contribution < -0.4 is 5.32 Å². The number of rotatable bonds is 9. The fraction of sp³-hybridized carbons (Fsp3) is 0.417. The average molecular weight is 410 g/mol. The van der Waals surface area contributed by atoms with Crippen molar-refractivity contribution in [1.29, 1.82) is 0 Å². The molecule has 2 aromatic rings. The summed E-state index contributed by atoms with van der Waals surface area (Å²) < 4.78 is 5.77. The third-order valence-corrected chi connectivity index (χ3v) is 5.24. The lowest BCUT2D eigenvalue weighted by Gasteiger charge is -2.27. The molecule has 0 saturated carbocycles. The van der Waals surface area contributed by atoms with E-state index in [1.807, 2.05) is 49.4 Å². The van der Waals surface area contributed by atoms with Crippen molar-refractivity contribution in [2.45, 2.75) is 32.4 Å². The number of benzene rings is 2. The van der Waals surface area contributed by atoms with Crippen molar-refractivity contribution in [3.05, 3.63) is 65.7 Å². The number of likely N-dealkylation sites (N-methyl/N-ethyl adjacent to an activating group) is 1. The summed E-state index contributed by atoms with van der Waals surface area (Å²) in [5.41, 5.74) is 3.02. The summed E-state index contributed by atoms with van der Waals surface area (Å²) >= 11 is 0. The van der Waals surface area contributed by atoms with E-state index in [1.54, 1.807) is 7.05 Å². The summed E-state index contributed by atoms with van der Waals surface area (Å²) in [4.78, 5) is 28.7. The highest BCUT2D eigenvalue weighted by Crippen LogP contribution is 2.15. The molecule has 1 aliphatic rings. The molecule has 0 aliphatic carbocycles. The van der Waals surface area contributed by atoms with Crippen LogP contribution in [0.2, 0.25) is 0 Å². The van der Waals surface area contributed by atoms with Gasteiger partial charge in [0.2, 0.25) is 11.8 Å². The van der Waals surface area contributed by atoms with Crippen molar-refractivity contribution in [1.82, 2.24) is 9.80 Å². The Hall–Kier alpha value is -2.70. The Labute approximate surface area is 178 Å². The van der Waals surface area contributed by atoms with Gasteiger partial charge in [-0.1, -0.05) is 48.0 Å². The van der Waals surface area contributed by atoms with E-state index >= 15 is 0 Å². The topological polar surface area (TPSA) is 61.9 Å². The smallest absolute Gasteiger partial charge is 0.243 e. The first-order chi connectivity index (χ1) is 14.5. The van der Waals surface area contributed by atoms with Crippen LogP contribution >= 0.6 is 0 Å². The van der Waals surface area contributed by atoms with Crippen LogP contribution in [-0.2, 0) is 20.9 Å². The number of anilines is 1. The summed E-state index contributed by atoms with van der Waals surface area (Å²) in [7, 11) is 1.67. The number of amides is 2. The molecule has 1 atom stereocenters. The Morgan fingerprint density at radius 1 is 1.07 bits per heavy atom. The monoisotopic (exact) mass is 409 g/mol. The third-order valence-electron chi connectivity index (χ3n) is 5.24. The van der Waals surface area contributed by atoms with E-state index in [1.165, 1.54) is 4.90 Å². The first-order valence-corrected chi connectivity index (χ1v) is 10.5. The predicted octanol–water partition coefficient (Wildman–Crippen LogP) is 3.07. The molecule has 0 bridgehead atoms. The molecule has 2 aromatic carbocycles. The molecule has 1 unspecified atom stereocenters. The molecule has 1 saturated heterocycles. The lowest BCUT2D eigenvalue weighted by Crippen LogP contribution is -2.43. The zero-order valence-corrected chi connectivity index (χ0v) is 17.8. The zero-order chi connectivity index (χ0) is 21.3. The van der Waals surface area contributed by atoms with Crippen molar-refractivity contribution in [3.63, 3.8) is 0 Å². The van der Waals surface area contributed by atoms with Crippen LogP contribution in [-0.4, -0.2) is 61.0 Å². The molecule has 0 spiro atoms. The second-order valence-electron chi connectivity index (χ2n) is 7.95. The number of ether oxygens (including phenoxy) is 1. The first kappa shape index (κ1) is 22.0. The molecule has 160 valence electrons. The second kappa shape index (κ2) is 10.9. The molecular weight excluding hydrogens is 378 g/mol. The van der Waals surface area contributed by atoms with Gasteiger partial charge in [0, 0.05) is 32.4 Å². The number of hydrogen-bond acceptors (Lipinski definition) is 4. The maximum atomic E-state index is 12.8. The van der Waals surface area contributed by atoms with Gasteiger partial charge in [-0.2, -0.15) is 0 Å². The highest BCUT2D eigenvalue weighted by atomic mass is 16.5. The van der Waals surface area contributed by atoms with Gasteiger partial charge in [0.25, 0.3) is 0 Å². The van der Waals surface area contributed by atoms with E-state index in [2.05, 4.69) is 22.3 Å². The van der Waals surface area contributed by atoms with E-state index in [-0.39, 0.29) is 31.0 Å². The van der Waals surface area contributed by atoms with Gasteiger partial charge in [0.05, 0.1) is 19.2 Å². The molecule has 1 heterocycles.